The number of amides is 2. The second kappa shape index (κ2) is 7.32. The monoisotopic (exact) mass is 354 g/mol. The lowest BCUT2D eigenvalue weighted by atomic mass is 10.1. The van der Waals surface area contributed by atoms with E-state index in [4.69, 9.17) is 0 Å². The fourth-order valence-corrected chi connectivity index (χ4v) is 3.34. The zero-order chi connectivity index (χ0) is 18.8. The van der Waals surface area contributed by atoms with Crippen molar-refractivity contribution < 1.29 is 9.59 Å². The number of benzene rings is 1. The summed E-state index contributed by atoms with van der Waals surface area (Å²) in [5, 5.41) is 4.21. The van der Waals surface area contributed by atoms with E-state index in [1.165, 1.54) is 11.1 Å². The minimum absolute atomic E-state index is 0.0139. The molecular weight excluding hydrogens is 328 g/mol. The van der Waals surface area contributed by atoms with Crippen LogP contribution in [0.3, 0.4) is 0 Å². The van der Waals surface area contributed by atoms with Crippen LogP contribution in [0, 0.1) is 13.8 Å². The molecule has 1 aliphatic heterocycles. The molecule has 0 spiro atoms. The van der Waals surface area contributed by atoms with Crippen molar-refractivity contribution in [3.05, 3.63) is 52.8 Å². The third-order valence-electron chi connectivity index (χ3n) is 4.64. The van der Waals surface area contributed by atoms with Gasteiger partial charge in [-0.2, -0.15) is 5.10 Å². The van der Waals surface area contributed by atoms with Crippen molar-refractivity contribution in [2.75, 3.05) is 19.6 Å². The molecule has 0 aliphatic carbocycles. The lowest BCUT2D eigenvalue weighted by molar-refractivity contribution is -0.135. The van der Waals surface area contributed by atoms with Gasteiger partial charge in [0.05, 0.1) is 11.8 Å². The molecule has 0 bridgehead atoms. The Balaban J connectivity index is 1.64. The van der Waals surface area contributed by atoms with Crippen LogP contribution in [0.15, 0.2) is 30.6 Å². The van der Waals surface area contributed by atoms with E-state index in [1.54, 1.807) is 22.0 Å². The van der Waals surface area contributed by atoms with Gasteiger partial charge in [0, 0.05) is 31.9 Å². The Bertz CT molecular complexity index is 805. The molecule has 0 saturated carbocycles. The van der Waals surface area contributed by atoms with E-state index in [0.717, 1.165) is 5.56 Å². The maximum Gasteiger partial charge on any atom is 0.257 e. The first-order valence-corrected chi connectivity index (χ1v) is 9.02. The molecule has 2 heterocycles. The number of aromatic nitrogens is 2. The van der Waals surface area contributed by atoms with Crippen molar-refractivity contribution in [1.82, 2.24) is 19.6 Å². The van der Waals surface area contributed by atoms with Crippen LogP contribution >= 0.6 is 0 Å². The lowest BCUT2D eigenvalue weighted by Gasteiger charge is -2.34. The number of aryl methyl sites for hydroxylation is 2. The summed E-state index contributed by atoms with van der Waals surface area (Å²) in [5.74, 6) is -0.142. The molecule has 1 fully saturated rings. The van der Waals surface area contributed by atoms with Gasteiger partial charge in [0.2, 0.25) is 5.91 Å². The number of carbonyl (C=O) groups excluding carboxylic acids is 2. The summed E-state index contributed by atoms with van der Waals surface area (Å²) in [7, 11) is 0. The van der Waals surface area contributed by atoms with E-state index >= 15 is 0 Å². The largest absolute Gasteiger partial charge is 0.335 e. The summed E-state index contributed by atoms with van der Waals surface area (Å²) >= 11 is 0. The Hall–Kier alpha value is -2.63. The maximum atomic E-state index is 12.6. The second-order valence-electron chi connectivity index (χ2n) is 7.34. The first-order valence-electron chi connectivity index (χ1n) is 9.02. The minimum Gasteiger partial charge on any atom is -0.335 e. The van der Waals surface area contributed by atoms with Gasteiger partial charge in [-0.25, -0.2) is 0 Å². The zero-order valence-electron chi connectivity index (χ0n) is 15.9. The molecular formula is C20H26N4O2. The minimum atomic E-state index is -0.128. The van der Waals surface area contributed by atoms with Gasteiger partial charge in [-0.1, -0.05) is 29.3 Å². The van der Waals surface area contributed by atoms with Crippen LogP contribution in [-0.4, -0.2) is 51.0 Å². The van der Waals surface area contributed by atoms with E-state index in [2.05, 4.69) is 37.1 Å². The van der Waals surface area contributed by atoms with Crippen molar-refractivity contribution >= 4 is 11.8 Å². The highest BCUT2D eigenvalue weighted by atomic mass is 16.2. The fourth-order valence-electron chi connectivity index (χ4n) is 3.34. The van der Waals surface area contributed by atoms with Crippen molar-refractivity contribution in [3.8, 4) is 0 Å². The first kappa shape index (κ1) is 18.2. The van der Waals surface area contributed by atoms with Crippen molar-refractivity contribution in [3.63, 3.8) is 0 Å². The van der Waals surface area contributed by atoms with Crippen molar-refractivity contribution in [2.45, 2.75) is 40.3 Å². The van der Waals surface area contributed by atoms with Crippen LogP contribution in [0.4, 0.5) is 0 Å². The summed E-state index contributed by atoms with van der Waals surface area (Å²) in [6.45, 7) is 9.95. The summed E-state index contributed by atoms with van der Waals surface area (Å²) in [4.78, 5) is 28.6. The third-order valence-corrected chi connectivity index (χ3v) is 4.64. The topological polar surface area (TPSA) is 58.4 Å². The van der Waals surface area contributed by atoms with Gasteiger partial charge < -0.3 is 9.80 Å². The van der Waals surface area contributed by atoms with Crippen LogP contribution in [0.2, 0.25) is 0 Å². The number of hydrogen-bond acceptors (Lipinski definition) is 3. The number of carbonyl (C=O) groups is 2. The van der Waals surface area contributed by atoms with E-state index in [-0.39, 0.29) is 24.4 Å². The Labute approximate surface area is 154 Å². The molecule has 0 atom stereocenters. The highest BCUT2D eigenvalue weighted by molar-refractivity contribution is 5.96. The molecule has 0 radical (unpaired) electrons. The van der Waals surface area contributed by atoms with Crippen molar-refractivity contribution in [2.24, 2.45) is 0 Å². The van der Waals surface area contributed by atoms with Crippen LogP contribution in [-0.2, 0) is 11.3 Å². The Morgan fingerprint density at radius 2 is 1.85 bits per heavy atom. The molecule has 0 unspecified atom stereocenters. The summed E-state index contributed by atoms with van der Waals surface area (Å²) in [5.41, 5.74) is 4.06. The van der Waals surface area contributed by atoms with E-state index in [0.29, 0.717) is 25.2 Å². The number of nitrogens with zero attached hydrogens (tertiary/aromatic N) is 4. The number of hydrogen-bond donors (Lipinski definition) is 0. The van der Waals surface area contributed by atoms with Crippen LogP contribution < -0.4 is 0 Å². The van der Waals surface area contributed by atoms with E-state index < -0.39 is 0 Å². The van der Waals surface area contributed by atoms with Gasteiger partial charge in [-0.3, -0.25) is 14.3 Å². The Morgan fingerprint density at radius 1 is 1.15 bits per heavy atom. The number of rotatable bonds is 4. The average Bonchev–Trinajstić information content (AvgIpc) is 3.05. The standard InChI is InChI=1S/C20H26N4O2/c1-14(2)24-12-18(10-21-24)20(26)23-6-5-22(19(25)13-23)11-17-8-15(3)7-16(4)9-17/h7-10,12,14H,5-6,11,13H2,1-4H3. The van der Waals surface area contributed by atoms with E-state index in [1.807, 2.05) is 18.7 Å². The van der Waals surface area contributed by atoms with Gasteiger partial charge in [0.15, 0.2) is 0 Å². The quantitative estimate of drug-likeness (QED) is 0.848. The van der Waals surface area contributed by atoms with E-state index in [9.17, 15) is 9.59 Å². The molecule has 3 rings (SSSR count). The van der Waals surface area contributed by atoms with Crippen LogP contribution in [0.1, 0.15) is 46.9 Å². The average molecular weight is 354 g/mol. The zero-order valence-corrected chi connectivity index (χ0v) is 15.9. The number of piperazine rings is 1. The molecule has 138 valence electrons. The molecule has 6 nitrogen and oxygen atoms in total. The summed E-state index contributed by atoms with van der Waals surface area (Å²) < 4.78 is 1.76. The lowest BCUT2D eigenvalue weighted by Crippen LogP contribution is -2.51. The summed E-state index contributed by atoms with van der Waals surface area (Å²) in [6, 6.07) is 6.54. The maximum absolute atomic E-state index is 12.6. The molecule has 1 aromatic heterocycles. The highest BCUT2D eigenvalue weighted by Gasteiger charge is 2.28. The molecule has 6 heteroatoms. The Kier molecular flexibility index (Phi) is 5.11. The molecule has 1 aromatic carbocycles. The van der Waals surface area contributed by atoms with Gasteiger partial charge >= 0.3 is 0 Å². The first-order chi connectivity index (χ1) is 12.3. The van der Waals surface area contributed by atoms with Crippen LogP contribution in [0.25, 0.3) is 0 Å². The predicted molar refractivity (Wildman–Crippen MR) is 99.8 cm³/mol. The Morgan fingerprint density at radius 3 is 2.42 bits per heavy atom. The smallest absolute Gasteiger partial charge is 0.257 e. The normalized spacial score (nSPS) is 15.0. The molecule has 0 N–H and O–H groups in total. The SMILES string of the molecule is Cc1cc(C)cc(CN2CCN(C(=O)c3cnn(C(C)C)c3)CC2=O)c1. The molecule has 1 aliphatic rings. The molecule has 1 saturated heterocycles. The van der Waals surface area contributed by atoms with Gasteiger partial charge in [0.25, 0.3) is 5.91 Å². The predicted octanol–water partition coefficient (Wildman–Crippen LogP) is 2.57. The highest BCUT2D eigenvalue weighted by Crippen LogP contribution is 2.15. The second-order valence-corrected chi connectivity index (χ2v) is 7.34. The van der Waals surface area contributed by atoms with Crippen LogP contribution in [0.5, 0.6) is 0 Å². The molecule has 26 heavy (non-hydrogen) atoms. The molecule has 2 aromatic rings. The third kappa shape index (κ3) is 3.95. The van der Waals surface area contributed by atoms with Gasteiger partial charge in [-0.15, -0.1) is 0 Å². The van der Waals surface area contributed by atoms with Gasteiger partial charge in [0.1, 0.15) is 6.54 Å². The summed E-state index contributed by atoms with van der Waals surface area (Å²) in [6.07, 6.45) is 3.33. The molecule has 2 amide bonds. The fraction of sp³-hybridized carbons (Fsp3) is 0.450. The van der Waals surface area contributed by atoms with Gasteiger partial charge in [-0.05, 0) is 33.3 Å². The van der Waals surface area contributed by atoms with Crippen molar-refractivity contribution in [1.29, 1.82) is 0 Å².